The third kappa shape index (κ3) is 8.46. The van der Waals surface area contributed by atoms with Crippen LogP contribution in [0, 0.1) is 17.8 Å². The monoisotopic (exact) mass is 521 g/mol. The minimum absolute atomic E-state index is 0.0821. The molecular weight excluding hydrogens is 475 g/mol. The van der Waals surface area contributed by atoms with E-state index >= 15 is 0 Å². The van der Waals surface area contributed by atoms with Gasteiger partial charge in [-0.25, -0.2) is 0 Å². The van der Waals surface area contributed by atoms with Crippen molar-refractivity contribution in [3.8, 4) is 0 Å². The summed E-state index contributed by atoms with van der Waals surface area (Å²) in [5.41, 5.74) is 0.325. The fourth-order valence-electron chi connectivity index (χ4n) is 7.54. The van der Waals surface area contributed by atoms with E-state index in [1.165, 1.54) is 89.2 Å². The fraction of sp³-hybridized carbons (Fsp3) is 0.774. The Balaban J connectivity index is 1.52. The van der Waals surface area contributed by atoms with Crippen LogP contribution in [0.25, 0.3) is 0 Å². The number of alkyl halides is 3. The van der Waals surface area contributed by atoms with Crippen molar-refractivity contribution in [3.05, 3.63) is 35.4 Å². The molecule has 3 nitrogen and oxygen atoms in total. The normalized spacial score (nSPS) is 26.4. The highest BCUT2D eigenvalue weighted by Gasteiger charge is 2.37. The van der Waals surface area contributed by atoms with Crippen LogP contribution in [0.15, 0.2) is 24.3 Å². The number of halogens is 3. The van der Waals surface area contributed by atoms with Crippen LogP contribution in [0.1, 0.15) is 120 Å². The summed E-state index contributed by atoms with van der Waals surface area (Å²) in [4.78, 5) is 14.2. The summed E-state index contributed by atoms with van der Waals surface area (Å²) < 4.78 is 39.8. The van der Waals surface area contributed by atoms with Crippen molar-refractivity contribution in [3.63, 3.8) is 0 Å². The Labute approximate surface area is 221 Å². The molecule has 0 bridgehead atoms. The molecule has 0 unspecified atom stereocenters. The van der Waals surface area contributed by atoms with Gasteiger partial charge in [0.2, 0.25) is 0 Å². The van der Waals surface area contributed by atoms with Gasteiger partial charge in [-0.3, -0.25) is 9.69 Å². The van der Waals surface area contributed by atoms with Gasteiger partial charge in [0.05, 0.1) is 5.56 Å². The van der Waals surface area contributed by atoms with Gasteiger partial charge < -0.3 is 5.11 Å². The average Bonchev–Trinajstić information content (AvgIpc) is 2.89. The van der Waals surface area contributed by atoms with Gasteiger partial charge in [0.15, 0.2) is 0 Å². The minimum atomic E-state index is -4.34. The quantitative estimate of drug-likeness (QED) is 0.335. The zero-order valence-electron chi connectivity index (χ0n) is 22.4. The van der Waals surface area contributed by atoms with E-state index in [1.807, 2.05) is 0 Å². The first-order valence-corrected chi connectivity index (χ1v) is 14.9. The Morgan fingerprint density at radius 1 is 0.838 bits per heavy atom. The Hall–Kier alpha value is -1.56. The Morgan fingerprint density at radius 3 is 2.05 bits per heavy atom. The average molecular weight is 522 g/mol. The van der Waals surface area contributed by atoms with Crippen LogP contribution in [0.5, 0.6) is 0 Å². The predicted octanol–water partition coefficient (Wildman–Crippen LogP) is 8.68. The first-order chi connectivity index (χ1) is 17.8. The maximum Gasteiger partial charge on any atom is 0.416 e. The Bertz CT molecular complexity index is 828. The molecule has 4 rings (SSSR count). The van der Waals surface area contributed by atoms with Crippen LogP contribution in [-0.4, -0.2) is 35.1 Å². The SMILES string of the molecule is O=C(O)C[C@@H]1CC[C@@H](N(CCCC2CCCCC2)CC2CCCCC2)[C@H](c2ccc(C(F)(F)F)cc2)C1. The van der Waals surface area contributed by atoms with Gasteiger partial charge >= 0.3 is 12.1 Å². The molecule has 3 saturated carbocycles. The maximum absolute atomic E-state index is 13.3. The smallest absolute Gasteiger partial charge is 0.416 e. The van der Waals surface area contributed by atoms with Gasteiger partial charge in [-0.2, -0.15) is 13.2 Å². The topological polar surface area (TPSA) is 40.5 Å². The van der Waals surface area contributed by atoms with Crippen molar-refractivity contribution in [2.45, 2.75) is 121 Å². The highest BCUT2D eigenvalue weighted by molar-refractivity contribution is 5.67. The molecule has 3 fully saturated rings. The van der Waals surface area contributed by atoms with Crippen LogP contribution in [0.3, 0.4) is 0 Å². The van der Waals surface area contributed by atoms with E-state index in [4.69, 9.17) is 0 Å². The van der Waals surface area contributed by atoms with E-state index in [0.717, 1.165) is 43.8 Å². The van der Waals surface area contributed by atoms with Crippen molar-refractivity contribution in [2.75, 3.05) is 13.1 Å². The van der Waals surface area contributed by atoms with Gasteiger partial charge in [0.25, 0.3) is 0 Å². The van der Waals surface area contributed by atoms with Crippen LogP contribution in [0.4, 0.5) is 13.2 Å². The van der Waals surface area contributed by atoms with E-state index in [0.29, 0.717) is 5.92 Å². The lowest BCUT2D eigenvalue weighted by Gasteiger charge is -2.44. The lowest BCUT2D eigenvalue weighted by atomic mass is 9.72. The molecule has 1 aromatic rings. The van der Waals surface area contributed by atoms with Crippen molar-refractivity contribution >= 4 is 5.97 Å². The van der Waals surface area contributed by atoms with Gasteiger partial charge in [-0.15, -0.1) is 0 Å². The number of hydrogen-bond acceptors (Lipinski definition) is 2. The van der Waals surface area contributed by atoms with Crippen molar-refractivity contribution in [1.29, 1.82) is 0 Å². The van der Waals surface area contributed by atoms with E-state index < -0.39 is 17.7 Å². The zero-order valence-corrected chi connectivity index (χ0v) is 22.4. The number of nitrogens with zero attached hydrogens (tertiary/aromatic N) is 1. The number of carboxylic acid groups (broad SMARTS) is 1. The molecule has 1 N–H and O–H groups in total. The molecule has 3 aliphatic carbocycles. The number of carboxylic acids is 1. The number of aliphatic carboxylic acids is 1. The molecule has 0 saturated heterocycles. The van der Waals surface area contributed by atoms with Gasteiger partial charge in [-0.05, 0) is 92.9 Å². The summed E-state index contributed by atoms with van der Waals surface area (Å²) in [6.07, 6.45) is 14.1. The molecule has 0 aromatic heterocycles. The van der Waals surface area contributed by atoms with E-state index in [-0.39, 0.29) is 24.3 Å². The Kier molecular flexibility index (Phi) is 10.4. The van der Waals surface area contributed by atoms with Gasteiger partial charge in [0, 0.05) is 19.0 Å². The first-order valence-electron chi connectivity index (χ1n) is 14.9. The fourth-order valence-corrected chi connectivity index (χ4v) is 7.54. The number of carbonyl (C=O) groups is 1. The molecule has 37 heavy (non-hydrogen) atoms. The van der Waals surface area contributed by atoms with Crippen molar-refractivity contribution in [1.82, 2.24) is 4.90 Å². The largest absolute Gasteiger partial charge is 0.481 e. The first kappa shape index (κ1) is 28.4. The second-order valence-electron chi connectivity index (χ2n) is 12.2. The summed E-state index contributed by atoms with van der Waals surface area (Å²) in [7, 11) is 0. The van der Waals surface area contributed by atoms with Crippen molar-refractivity contribution in [2.24, 2.45) is 17.8 Å². The molecule has 6 heteroatoms. The Morgan fingerprint density at radius 2 is 1.46 bits per heavy atom. The standard InChI is InChI=1S/C31H46F3NO2/c32-31(33,34)27-16-14-26(15-17-27)28-20-25(21-30(36)37)13-18-29(28)35(22-24-10-5-2-6-11-24)19-7-12-23-8-3-1-4-9-23/h14-17,23-25,28-29H,1-13,18-22H2,(H,36,37)/t25-,28+,29-/m1/s1. The summed E-state index contributed by atoms with van der Waals surface area (Å²) in [5, 5.41) is 9.44. The number of hydrogen-bond donors (Lipinski definition) is 1. The van der Waals surface area contributed by atoms with Gasteiger partial charge in [0.1, 0.15) is 0 Å². The van der Waals surface area contributed by atoms with E-state index in [1.54, 1.807) is 12.1 Å². The molecule has 0 heterocycles. The second kappa shape index (κ2) is 13.5. The molecular formula is C31H46F3NO2. The van der Waals surface area contributed by atoms with Crippen LogP contribution < -0.4 is 0 Å². The molecule has 208 valence electrons. The van der Waals surface area contributed by atoms with Crippen molar-refractivity contribution < 1.29 is 23.1 Å². The molecule has 3 aliphatic rings. The second-order valence-corrected chi connectivity index (χ2v) is 12.2. The highest BCUT2D eigenvalue weighted by Crippen LogP contribution is 2.42. The lowest BCUT2D eigenvalue weighted by Crippen LogP contribution is -2.46. The maximum atomic E-state index is 13.3. The minimum Gasteiger partial charge on any atom is -0.481 e. The molecule has 3 atom stereocenters. The van der Waals surface area contributed by atoms with E-state index in [2.05, 4.69) is 4.90 Å². The summed E-state index contributed by atoms with van der Waals surface area (Å²) in [5.74, 6) is 0.940. The highest BCUT2D eigenvalue weighted by atomic mass is 19.4. The summed E-state index contributed by atoms with van der Waals surface area (Å²) in [6.45, 7) is 2.13. The molecule has 1 aromatic carbocycles. The molecule has 0 aliphatic heterocycles. The lowest BCUT2D eigenvalue weighted by molar-refractivity contribution is -0.139. The van der Waals surface area contributed by atoms with Crippen LogP contribution in [0.2, 0.25) is 0 Å². The summed E-state index contributed by atoms with van der Waals surface area (Å²) >= 11 is 0. The number of rotatable bonds is 10. The van der Waals surface area contributed by atoms with Crippen LogP contribution >= 0.6 is 0 Å². The number of benzene rings is 1. The zero-order chi connectivity index (χ0) is 26.3. The van der Waals surface area contributed by atoms with Gasteiger partial charge in [-0.1, -0.05) is 63.5 Å². The summed E-state index contributed by atoms with van der Waals surface area (Å²) in [6, 6.07) is 6.01. The predicted molar refractivity (Wildman–Crippen MR) is 142 cm³/mol. The van der Waals surface area contributed by atoms with E-state index in [9.17, 15) is 23.1 Å². The third-order valence-electron chi connectivity index (χ3n) is 9.52. The third-order valence-corrected chi connectivity index (χ3v) is 9.52. The molecule has 0 spiro atoms. The molecule has 0 radical (unpaired) electrons. The van der Waals surface area contributed by atoms with Crippen LogP contribution in [-0.2, 0) is 11.0 Å². The molecule has 0 amide bonds.